The molecule has 0 saturated heterocycles. The summed E-state index contributed by atoms with van der Waals surface area (Å²) >= 11 is 0. The van der Waals surface area contributed by atoms with Crippen LogP contribution in [0.15, 0.2) is 36.7 Å². The van der Waals surface area contributed by atoms with Gasteiger partial charge in [-0.15, -0.1) is 0 Å². The second kappa shape index (κ2) is 8.46. The normalized spacial score (nSPS) is 11.7. The molecule has 0 fully saturated rings. The number of hydrogen-bond donors (Lipinski definition) is 0. The lowest BCUT2D eigenvalue weighted by Crippen LogP contribution is -2.37. The Labute approximate surface area is 148 Å². The third-order valence-corrected chi connectivity index (χ3v) is 3.77. The molecule has 1 aromatic heterocycles. The van der Waals surface area contributed by atoms with Crippen LogP contribution in [-0.2, 0) is 16.1 Å². The topological polar surface area (TPSA) is 59.5 Å². The Kier molecular flexibility index (Phi) is 6.32. The first-order chi connectivity index (χ1) is 12.3. The minimum Gasteiger partial charge on any atom is -0.469 e. The lowest BCUT2D eigenvalue weighted by atomic mass is 10.1. The van der Waals surface area contributed by atoms with Crippen molar-refractivity contribution in [1.82, 2.24) is 9.88 Å². The van der Waals surface area contributed by atoms with Crippen LogP contribution in [0.1, 0.15) is 22.8 Å². The number of methoxy groups -OCH3 is 1. The van der Waals surface area contributed by atoms with E-state index < -0.39 is 40.8 Å². The van der Waals surface area contributed by atoms with E-state index in [4.69, 9.17) is 0 Å². The number of amides is 1. The van der Waals surface area contributed by atoms with E-state index in [-0.39, 0.29) is 13.1 Å². The van der Waals surface area contributed by atoms with Gasteiger partial charge in [-0.05, 0) is 29.8 Å². The first kappa shape index (κ1) is 19.4. The van der Waals surface area contributed by atoms with Crippen molar-refractivity contribution < 1.29 is 27.5 Å². The minimum atomic E-state index is -1.72. The van der Waals surface area contributed by atoms with Crippen molar-refractivity contribution in [2.75, 3.05) is 13.7 Å². The van der Waals surface area contributed by atoms with Crippen molar-refractivity contribution in [2.24, 2.45) is 5.92 Å². The average Bonchev–Trinajstić information content (AvgIpc) is 2.65. The second-order valence-electron chi connectivity index (χ2n) is 5.69. The van der Waals surface area contributed by atoms with Gasteiger partial charge in [-0.3, -0.25) is 14.6 Å². The molecular weight excluding hydrogens is 349 g/mol. The van der Waals surface area contributed by atoms with E-state index in [0.29, 0.717) is 11.6 Å². The molecule has 0 spiro atoms. The van der Waals surface area contributed by atoms with Gasteiger partial charge in [-0.2, -0.15) is 0 Å². The van der Waals surface area contributed by atoms with Crippen molar-refractivity contribution in [3.63, 3.8) is 0 Å². The van der Waals surface area contributed by atoms with Crippen LogP contribution in [0.25, 0.3) is 0 Å². The van der Waals surface area contributed by atoms with Crippen LogP contribution in [0.5, 0.6) is 0 Å². The molecule has 1 atom stereocenters. The van der Waals surface area contributed by atoms with Crippen molar-refractivity contribution in [2.45, 2.75) is 13.5 Å². The summed E-state index contributed by atoms with van der Waals surface area (Å²) < 4.78 is 45.3. The highest BCUT2D eigenvalue weighted by molar-refractivity contribution is 5.94. The molecule has 0 aliphatic rings. The zero-order valence-electron chi connectivity index (χ0n) is 14.2. The van der Waals surface area contributed by atoms with Gasteiger partial charge < -0.3 is 9.64 Å². The molecule has 1 unspecified atom stereocenters. The maximum absolute atomic E-state index is 14.0. The third-order valence-electron chi connectivity index (χ3n) is 3.77. The molecule has 0 N–H and O–H groups in total. The largest absolute Gasteiger partial charge is 0.469 e. The van der Waals surface area contributed by atoms with Crippen molar-refractivity contribution in [1.29, 1.82) is 0 Å². The molecule has 0 saturated carbocycles. The number of nitrogens with zero attached hydrogens (tertiary/aromatic N) is 2. The predicted molar refractivity (Wildman–Crippen MR) is 86.5 cm³/mol. The van der Waals surface area contributed by atoms with Gasteiger partial charge in [0.2, 0.25) is 0 Å². The van der Waals surface area contributed by atoms with E-state index >= 15 is 0 Å². The number of benzene rings is 1. The number of hydrogen-bond acceptors (Lipinski definition) is 4. The second-order valence-corrected chi connectivity index (χ2v) is 5.69. The number of carbonyl (C=O) groups excluding carboxylic acids is 2. The fraction of sp³-hybridized carbons (Fsp3) is 0.278. The summed E-state index contributed by atoms with van der Waals surface area (Å²) in [7, 11) is 1.21. The molecule has 1 amide bonds. The highest BCUT2D eigenvalue weighted by Crippen LogP contribution is 2.19. The number of carbonyl (C=O) groups is 2. The molecule has 1 aromatic carbocycles. The molecule has 0 aliphatic carbocycles. The lowest BCUT2D eigenvalue weighted by Gasteiger charge is -2.25. The van der Waals surface area contributed by atoms with Gasteiger partial charge in [0.25, 0.3) is 5.91 Å². The van der Waals surface area contributed by atoms with E-state index in [1.165, 1.54) is 24.4 Å². The summed E-state index contributed by atoms with van der Waals surface area (Å²) in [4.78, 5) is 29.4. The summed E-state index contributed by atoms with van der Waals surface area (Å²) in [5.74, 6) is -6.79. The van der Waals surface area contributed by atoms with Crippen molar-refractivity contribution in [3.8, 4) is 0 Å². The monoisotopic (exact) mass is 366 g/mol. The van der Waals surface area contributed by atoms with Crippen LogP contribution in [0.2, 0.25) is 0 Å². The Morgan fingerprint density at radius 1 is 1.12 bits per heavy atom. The van der Waals surface area contributed by atoms with Gasteiger partial charge in [-0.1, -0.05) is 6.92 Å². The van der Waals surface area contributed by atoms with Gasteiger partial charge in [0.15, 0.2) is 17.5 Å². The Morgan fingerprint density at radius 3 is 2.38 bits per heavy atom. The Balaban J connectivity index is 2.34. The number of halogens is 3. The van der Waals surface area contributed by atoms with E-state index in [1.54, 1.807) is 19.1 Å². The molecule has 5 nitrogen and oxygen atoms in total. The number of aromatic nitrogens is 1. The van der Waals surface area contributed by atoms with Crippen LogP contribution in [0, 0.1) is 23.4 Å². The van der Waals surface area contributed by atoms with Gasteiger partial charge in [-0.25, -0.2) is 13.2 Å². The average molecular weight is 366 g/mol. The third kappa shape index (κ3) is 4.38. The zero-order chi connectivity index (χ0) is 19.3. The molecule has 0 radical (unpaired) electrons. The highest BCUT2D eigenvalue weighted by atomic mass is 19.2. The first-order valence-corrected chi connectivity index (χ1v) is 7.74. The first-order valence-electron chi connectivity index (χ1n) is 7.74. The molecule has 0 bridgehead atoms. The summed E-state index contributed by atoms with van der Waals surface area (Å²) in [5.41, 5.74) is 0.0587. The van der Waals surface area contributed by atoms with Crippen LogP contribution in [0.3, 0.4) is 0 Å². The van der Waals surface area contributed by atoms with Crippen LogP contribution >= 0.6 is 0 Å². The van der Waals surface area contributed by atoms with Crippen LogP contribution in [-0.4, -0.2) is 35.4 Å². The molecule has 2 rings (SSSR count). The van der Waals surface area contributed by atoms with Crippen LogP contribution in [0.4, 0.5) is 13.2 Å². The molecular formula is C18H17F3N2O3. The maximum atomic E-state index is 14.0. The van der Waals surface area contributed by atoms with Gasteiger partial charge in [0.05, 0.1) is 18.6 Å². The van der Waals surface area contributed by atoms with E-state index in [2.05, 4.69) is 9.72 Å². The minimum absolute atomic E-state index is 0.0289. The fourth-order valence-corrected chi connectivity index (χ4v) is 2.40. The van der Waals surface area contributed by atoms with Gasteiger partial charge >= 0.3 is 5.97 Å². The Hall–Kier alpha value is -2.90. The lowest BCUT2D eigenvalue weighted by molar-refractivity contribution is -0.145. The van der Waals surface area contributed by atoms with Gasteiger partial charge in [0, 0.05) is 25.5 Å². The smallest absolute Gasteiger partial charge is 0.310 e. The molecule has 138 valence electrons. The SMILES string of the molecule is COC(=O)C(C)CN(Cc1ccncc1)C(=O)c1ccc(F)c(F)c1F. The maximum Gasteiger partial charge on any atom is 0.310 e. The molecule has 2 aromatic rings. The zero-order valence-corrected chi connectivity index (χ0v) is 14.2. The number of rotatable bonds is 6. The molecule has 26 heavy (non-hydrogen) atoms. The van der Waals surface area contributed by atoms with Gasteiger partial charge in [0.1, 0.15) is 0 Å². The van der Waals surface area contributed by atoms with E-state index in [9.17, 15) is 22.8 Å². The Morgan fingerprint density at radius 2 is 1.77 bits per heavy atom. The summed E-state index contributed by atoms with van der Waals surface area (Å²) in [5, 5.41) is 0. The Bertz CT molecular complexity index is 800. The standard InChI is InChI=1S/C18H17F3N2O3/c1-11(18(25)26-2)9-23(10-12-5-7-22-8-6-12)17(24)13-3-4-14(19)16(21)15(13)20/h3-8,11H,9-10H2,1-2H3. The summed E-state index contributed by atoms with van der Waals surface area (Å²) in [6, 6.07) is 4.84. The summed E-state index contributed by atoms with van der Waals surface area (Å²) in [6.45, 7) is 1.48. The van der Waals surface area contributed by atoms with Crippen molar-refractivity contribution >= 4 is 11.9 Å². The fourth-order valence-electron chi connectivity index (χ4n) is 2.40. The number of esters is 1. The predicted octanol–water partition coefficient (Wildman–Crippen LogP) is 2.95. The molecule has 1 heterocycles. The summed E-state index contributed by atoms with van der Waals surface area (Å²) in [6.07, 6.45) is 3.03. The van der Waals surface area contributed by atoms with Crippen LogP contribution < -0.4 is 0 Å². The molecule has 8 heteroatoms. The van der Waals surface area contributed by atoms with E-state index in [0.717, 1.165) is 6.07 Å². The van der Waals surface area contributed by atoms with E-state index in [1.807, 2.05) is 0 Å². The highest BCUT2D eigenvalue weighted by Gasteiger charge is 2.26. The number of ether oxygens (including phenoxy) is 1. The van der Waals surface area contributed by atoms with Crippen molar-refractivity contribution in [3.05, 3.63) is 65.2 Å². The number of pyridine rings is 1. The molecule has 0 aliphatic heterocycles. The quantitative estimate of drug-likeness (QED) is 0.583.